The van der Waals surface area contributed by atoms with Gasteiger partial charge in [-0.15, -0.1) is 0 Å². The summed E-state index contributed by atoms with van der Waals surface area (Å²) in [5.74, 6) is -0.659. The molecule has 2 atom stereocenters. The zero-order chi connectivity index (χ0) is 16.3. The summed E-state index contributed by atoms with van der Waals surface area (Å²) in [5, 5.41) is 0. The number of aryl methyl sites for hydroxylation is 2. The fourth-order valence-corrected chi connectivity index (χ4v) is 3.13. The van der Waals surface area contributed by atoms with Gasteiger partial charge in [0.25, 0.3) is 0 Å². The molecule has 0 aliphatic carbocycles. The lowest BCUT2D eigenvalue weighted by Crippen LogP contribution is -2.29. The van der Waals surface area contributed by atoms with Crippen LogP contribution in [-0.2, 0) is 28.2 Å². The Morgan fingerprint density at radius 1 is 1.13 bits per heavy atom. The average molecular weight is 314 g/mol. The molecule has 1 aromatic heterocycles. The monoisotopic (exact) mass is 314 g/mol. The zero-order valence-corrected chi connectivity index (χ0v) is 14.2. The number of rotatable bonds is 6. The first kappa shape index (κ1) is 16.2. The Kier molecular flexibility index (Phi) is 4.83. The van der Waals surface area contributed by atoms with E-state index in [0.29, 0.717) is 0 Å². The molecule has 2 unspecified atom stereocenters. The van der Waals surface area contributed by atoms with Gasteiger partial charge in [0, 0.05) is 30.9 Å². The topological polar surface area (TPSA) is 36.3 Å². The van der Waals surface area contributed by atoms with Crippen molar-refractivity contribution in [3.05, 3.63) is 54.1 Å². The van der Waals surface area contributed by atoms with E-state index in [-0.39, 0.29) is 12.2 Å². The quantitative estimate of drug-likeness (QED) is 0.811. The van der Waals surface area contributed by atoms with E-state index in [1.807, 2.05) is 12.5 Å². The molecule has 3 rings (SSSR count). The number of imidazole rings is 1. The first-order valence-electron chi connectivity index (χ1n) is 8.54. The van der Waals surface area contributed by atoms with Crippen molar-refractivity contribution in [2.75, 3.05) is 0 Å². The van der Waals surface area contributed by atoms with Crippen LogP contribution < -0.4 is 0 Å². The third kappa shape index (κ3) is 3.48. The van der Waals surface area contributed by atoms with Crippen LogP contribution in [0.1, 0.15) is 44.7 Å². The van der Waals surface area contributed by atoms with Crippen LogP contribution in [0.3, 0.4) is 0 Å². The molecule has 1 saturated heterocycles. The van der Waals surface area contributed by atoms with Crippen molar-refractivity contribution in [1.82, 2.24) is 9.55 Å². The van der Waals surface area contributed by atoms with Crippen LogP contribution in [0.2, 0.25) is 0 Å². The second kappa shape index (κ2) is 6.85. The van der Waals surface area contributed by atoms with Gasteiger partial charge in [0.1, 0.15) is 0 Å². The minimum Gasteiger partial charge on any atom is -0.340 e. The molecule has 0 saturated carbocycles. The van der Waals surface area contributed by atoms with Crippen molar-refractivity contribution in [3.8, 4) is 0 Å². The van der Waals surface area contributed by atoms with Crippen LogP contribution in [0.15, 0.2) is 43.0 Å². The zero-order valence-electron chi connectivity index (χ0n) is 14.2. The van der Waals surface area contributed by atoms with Crippen LogP contribution >= 0.6 is 0 Å². The summed E-state index contributed by atoms with van der Waals surface area (Å²) in [6, 6.07) is 8.70. The molecule has 1 aliphatic rings. The highest BCUT2D eigenvalue weighted by atomic mass is 16.8. The van der Waals surface area contributed by atoms with Crippen molar-refractivity contribution >= 4 is 0 Å². The standard InChI is InChI=1S/C19H26N2O2/c1-4-5-17-6-8-18(9-7-17)19(22-15(2)16(3)23-19)10-12-21-13-11-20-14-21/h6-9,11,13-16H,4-5,10,12H2,1-3H3. The predicted molar refractivity (Wildman–Crippen MR) is 90.1 cm³/mol. The summed E-state index contributed by atoms with van der Waals surface area (Å²) in [7, 11) is 0. The molecular formula is C19H26N2O2. The van der Waals surface area contributed by atoms with E-state index in [0.717, 1.165) is 31.4 Å². The summed E-state index contributed by atoms with van der Waals surface area (Å²) >= 11 is 0. The fourth-order valence-electron chi connectivity index (χ4n) is 3.13. The van der Waals surface area contributed by atoms with Gasteiger partial charge >= 0.3 is 0 Å². The minimum absolute atomic E-state index is 0.0908. The molecule has 1 aromatic carbocycles. The highest BCUT2D eigenvalue weighted by molar-refractivity contribution is 5.27. The first-order chi connectivity index (χ1) is 11.1. The molecule has 23 heavy (non-hydrogen) atoms. The lowest BCUT2D eigenvalue weighted by atomic mass is 9.99. The number of benzene rings is 1. The van der Waals surface area contributed by atoms with Gasteiger partial charge in [0.05, 0.1) is 18.5 Å². The molecule has 1 aliphatic heterocycles. The lowest BCUT2D eigenvalue weighted by molar-refractivity contribution is -0.188. The molecule has 124 valence electrons. The van der Waals surface area contributed by atoms with E-state index in [4.69, 9.17) is 9.47 Å². The Morgan fingerprint density at radius 2 is 1.83 bits per heavy atom. The van der Waals surface area contributed by atoms with Gasteiger partial charge in [-0.25, -0.2) is 4.98 Å². The summed E-state index contributed by atoms with van der Waals surface area (Å²) in [4.78, 5) is 4.11. The highest BCUT2D eigenvalue weighted by Gasteiger charge is 2.45. The summed E-state index contributed by atoms with van der Waals surface area (Å²) in [6.45, 7) is 7.17. The van der Waals surface area contributed by atoms with Crippen LogP contribution in [0.5, 0.6) is 0 Å². The number of aromatic nitrogens is 2. The Hall–Kier alpha value is -1.65. The fraction of sp³-hybridized carbons (Fsp3) is 0.526. The Bertz CT molecular complexity index is 597. The van der Waals surface area contributed by atoms with E-state index in [9.17, 15) is 0 Å². The van der Waals surface area contributed by atoms with E-state index in [1.54, 1.807) is 6.20 Å². The molecule has 0 bridgehead atoms. The number of ether oxygens (including phenoxy) is 2. The number of hydrogen-bond acceptors (Lipinski definition) is 3. The Labute approximate surface area is 138 Å². The molecule has 2 aromatic rings. The first-order valence-corrected chi connectivity index (χ1v) is 8.54. The van der Waals surface area contributed by atoms with Gasteiger partial charge in [-0.2, -0.15) is 0 Å². The lowest BCUT2D eigenvalue weighted by Gasteiger charge is -2.29. The third-order valence-electron chi connectivity index (χ3n) is 4.60. The molecule has 1 fully saturated rings. The van der Waals surface area contributed by atoms with Crippen molar-refractivity contribution < 1.29 is 9.47 Å². The van der Waals surface area contributed by atoms with Crippen LogP contribution in [0, 0.1) is 0 Å². The molecule has 4 heteroatoms. The average Bonchev–Trinajstić information content (AvgIpc) is 3.16. The molecule has 0 amide bonds. The Morgan fingerprint density at radius 3 is 2.39 bits per heavy atom. The van der Waals surface area contributed by atoms with E-state index in [2.05, 4.69) is 54.6 Å². The molecule has 4 nitrogen and oxygen atoms in total. The third-order valence-corrected chi connectivity index (χ3v) is 4.60. The highest BCUT2D eigenvalue weighted by Crippen LogP contribution is 2.40. The van der Waals surface area contributed by atoms with Gasteiger partial charge < -0.3 is 14.0 Å². The van der Waals surface area contributed by atoms with Crippen LogP contribution in [0.4, 0.5) is 0 Å². The summed E-state index contributed by atoms with van der Waals surface area (Å²) in [6.07, 6.45) is 8.82. The van der Waals surface area contributed by atoms with Gasteiger partial charge in [-0.3, -0.25) is 0 Å². The number of nitrogens with zero attached hydrogens (tertiary/aromatic N) is 2. The SMILES string of the molecule is CCCc1ccc(C2(CCn3ccnc3)OC(C)C(C)O2)cc1. The van der Waals surface area contributed by atoms with Crippen molar-refractivity contribution in [2.24, 2.45) is 0 Å². The summed E-state index contributed by atoms with van der Waals surface area (Å²) < 4.78 is 14.6. The van der Waals surface area contributed by atoms with Gasteiger partial charge in [-0.05, 0) is 25.8 Å². The smallest absolute Gasteiger partial charge is 0.197 e. The molecule has 0 N–H and O–H groups in total. The second-order valence-electron chi connectivity index (χ2n) is 6.40. The van der Waals surface area contributed by atoms with Crippen molar-refractivity contribution in [1.29, 1.82) is 0 Å². The molecule has 0 radical (unpaired) electrons. The normalized spacial score (nSPS) is 27.4. The van der Waals surface area contributed by atoms with Gasteiger partial charge in [0.2, 0.25) is 0 Å². The minimum atomic E-state index is -0.659. The maximum absolute atomic E-state index is 6.29. The van der Waals surface area contributed by atoms with Crippen LogP contribution in [-0.4, -0.2) is 21.8 Å². The maximum Gasteiger partial charge on any atom is 0.197 e. The van der Waals surface area contributed by atoms with Gasteiger partial charge in [0.15, 0.2) is 5.79 Å². The summed E-state index contributed by atoms with van der Waals surface area (Å²) in [5.41, 5.74) is 2.47. The maximum atomic E-state index is 6.29. The Balaban J connectivity index is 1.82. The molecule has 0 spiro atoms. The van der Waals surface area contributed by atoms with Crippen molar-refractivity contribution in [2.45, 2.75) is 64.6 Å². The van der Waals surface area contributed by atoms with E-state index < -0.39 is 5.79 Å². The van der Waals surface area contributed by atoms with Crippen LogP contribution in [0.25, 0.3) is 0 Å². The second-order valence-corrected chi connectivity index (χ2v) is 6.40. The van der Waals surface area contributed by atoms with E-state index in [1.165, 1.54) is 5.56 Å². The van der Waals surface area contributed by atoms with Crippen molar-refractivity contribution in [3.63, 3.8) is 0 Å². The molecule has 2 heterocycles. The molecular weight excluding hydrogens is 288 g/mol. The van der Waals surface area contributed by atoms with E-state index >= 15 is 0 Å². The predicted octanol–water partition coefficient (Wildman–Crippen LogP) is 3.90. The number of hydrogen-bond donors (Lipinski definition) is 0. The largest absolute Gasteiger partial charge is 0.340 e. The van der Waals surface area contributed by atoms with Gasteiger partial charge in [-0.1, -0.05) is 37.6 Å².